The van der Waals surface area contributed by atoms with Crippen molar-refractivity contribution in [1.82, 2.24) is 19.5 Å². The number of para-hydroxylation sites is 1. The van der Waals surface area contributed by atoms with Crippen molar-refractivity contribution in [2.75, 3.05) is 0 Å². The Kier molecular flexibility index (Phi) is 5.60. The standard InChI is InChI=1S/C23H21F3N4O2/c1-13-29-18-9-17(24)16(15-10-27-21(28-11-15)23(2,3)31)8-19(18)30(13)12-14-6-4-5-7-20(14)32-22(25)26/h4-11,22,31H,12H2,1-3H3. The Balaban J connectivity index is 1.77. The van der Waals surface area contributed by atoms with E-state index >= 15 is 0 Å². The van der Waals surface area contributed by atoms with Crippen molar-refractivity contribution >= 4 is 11.0 Å². The average Bonchev–Trinajstić information content (AvgIpc) is 3.02. The Morgan fingerprint density at radius 3 is 2.47 bits per heavy atom. The molecule has 0 amide bonds. The fourth-order valence-corrected chi connectivity index (χ4v) is 3.49. The number of benzene rings is 2. The van der Waals surface area contributed by atoms with Gasteiger partial charge in [-0.2, -0.15) is 8.78 Å². The second-order valence-corrected chi connectivity index (χ2v) is 7.91. The third-order valence-electron chi connectivity index (χ3n) is 5.06. The molecule has 6 nitrogen and oxygen atoms in total. The molecule has 2 aromatic heterocycles. The molecule has 4 aromatic rings. The molecule has 0 aliphatic carbocycles. The molecule has 2 heterocycles. The van der Waals surface area contributed by atoms with E-state index in [9.17, 15) is 18.3 Å². The first-order valence-electron chi connectivity index (χ1n) is 9.88. The Morgan fingerprint density at radius 2 is 1.81 bits per heavy atom. The fraction of sp³-hybridized carbons (Fsp3) is 0.261. The Labute approximate surface area is 182 Å². The van der Waals surface area contributed by atoms with Gasteiger partial charge in [-0.1, -0.05) is 18.2 Å². The molecular formula is C23H21F3N4O2. The number of alkyl halides is 2. The number of imidazole rings is 1. The molecule has 2 aromatic carbocycles. The van der Waals surface area contributed by atoms with Crippen molar-refractivity contribution in [2.24, 2.45) is 0 Å². The molecule has 0 radical (unpaired) electrons. The number of aromatic nitrogens is 4. The van der Waals surface area contributed by atoms with Gasteiger partial charge in [-0.25, -0.2) is 19.3 Å². The molecule has 0 unspecified atom stereocenters. The molecule has 0 aliphatic rings. The van der Waals surface area contributed by atoms with Crippen LogP contribution < -0.4 is 4.74 Å². The molecule has 4 rings (SSSR count). The third-order valence-corrected chi connectivity index (χ3v) is 5.06. The van der Waals surface area contributed by atoms with Crippen LogP contribution >= 0.6 is 0 Å². The highest BCUT2D eigenvalue weighted by Gasteiger charge is 2.20. The minimum atomic E-state index is -2.94. The predicted octanol–water partition coefficient (Wildman–Crippen LogP) is 4.82. The maximum Gasteiger partial charge on any atom is 0.387 e. The molecule has 0 atom stereocenters. The van der Waals surface area contributed by atoms with E-state index in [2.05, 4.69) is 19.7 Å². The van der Waals surface area contributed by atoms with E-state index in [1.807, 2.05) is 0 Å². The molecule has 0 saturated carbocycles. The number of rotatable bonds is 6. The van der Waals surface area contributed by atoms with Crippen LogP contribution in [0.15, 0.2) is 48.8 Å². The number of hydrogen-bond donors (Lipinski definition) is 1. The van der Waals surface area contributed by atoms with Crippen LogP contribution in [0.5, 0.6) is 5.75 Å². The van der Waals surface area contributed by atoms with Crippen LogP contribution in [0.4, 0.5) is 13.2 Å². The predicted molar refractivity (Wildman–Crippen MR) is 113 cm³/mol. The van der Waals surface area contributed by atoms with Crippen LogP contribution in [0.3, 0.4) is 0 Å². The lowest BCUT2D eigenvalue weighted by atomic mass is 10.1. The van der Waals surface area contributed by atoms with Crippen LogP contribution in [0.2, 0.25) is 0 Å². The van der Waals surface area contributed by atoms with Gasteiger partial charge in [0.1, 0.15) is 23.0 Å². The maximum atomic E-state index is 14.9. The summed E-state index contributed by atoms with van der Waals surface area (Å²) in [6.45, 7) is 2.15. The Bertz CT molecular complexity index is 1260. The first-order chi connectivity index (χ1) is 15.1. The molecule has 0 aliphatic heterocycles. The van der Waals surface area contributed by atoms with Gasteiger partial charge in [-0.3, -0.25) is 0 Å². The third kappa shape index (κ3) is 4.29. The lowest BCUT2D eigenvalue weighted by molar-refractivity contribution is -0.0504. The molecular weight excluding hydrogens is 421 g/mol. The fourth-order valence-electron chi connectivity index (χ4n) is 3.49. The van der Waals surface area contributed by atoms with E-state index in [0.29, 0.717) is 28.0 Å². The van der Waals surface area contributed by atoms with Crippen molar-refractivity contribution in [2.45, 2.75) is 39.5 Å². The summed E-state index contributed by atoms with van der Waals surface area (Å²) in [6, 6.07) is 9.46. The lowest BCUT2D eigenvalue weighted by Crippen LogP contribution is -2.19. The molecule has 9 heteroatoms. The SMILES string of the molecule is Cc1nc2cc(F)c(-c3cnc(C(C)(C)O)nc3)cc2n1Cc1ccccc1OC(F)F. The quantitative estimate of drug-likeness (QED) is 0.464. The largest absolute Gasteiger partial charge is 0.434 e. The number of aryl methyl sites for hydroxylation is 1. The van der Waals surface area contributed by atoms with Crippen LogP contribution in [0, 0.1) is 12.7 Å². The van der Waals surface area contributed by atoms with E-state index in [-0.39, 0.29) is 23.7 Å². The first-order valence-corrected chi connectivity index (χ1v) is 9.88. The van der Waals surface area contributed by atoms with Crippen LogP contribution in [-0.4, -0.2) is 31.2 Å². The summed E-state index contributed by atoms with van der Waals surface area (Å²) in [5.74, 6) is 0.390. The molecule has 0 saturated heterocycles. The molecule has 166 valence electrons. The zero-order valence-corrected chi connectivity index (χ0v) is 17.7. The highest BCUT2D eigenvalue weighted by atomic mass is 19.3. The summed E-state index contributed by atoms with van der Waals surface area (Å²) in [5, 5.41) is 10.0. The number of aliphatic hydroxyl groups is 1. The second-order valence-electron chi connectivity index (χ2n) is 7.91. The average molecular weight is 442 g/mol. The molecule has 0 bridgehead atoms. The van der Waals surface area contributed by atoms with Gasteiger partial charge in [0.15, 0.2) is 5.82 Å². The van der Waals surface area contributed by atoms with E-state index in [1.165, 1.54) is 24.5 Å². The van der Waals surface area contributed by atoms with E-state index in [4.69, 9.17) is 0 Å². The topological polar surface area (TPSA) is 73.1 Å². The van der Waals surface area contributed by atoms with Crippen molar-refractivity contribution in [3.05, 3.63) is 71.8 Å². The first kappa shape index (κ1) is 21.8. The number of ether oxygens (including phenoxy) is 1. The lowest BCUT2D eigenvalue weighted by Gasteiger charge is -2.15. The summed E-state index contributed by atoms with van der Waals surface area (Å²) in [7, 11) is 0. The van der Waals surface area contributed by atoms with Gasteiger partial charge in [0, 0.05) is 35.2 Å². The smallest absolute Gasteiger partial charge is 0.387 e. The second kappa shape index (κ2) is 8.23. The van der Waals surface area contributed by atoms with Gasteiger partial charge >= 0.3 is 6.61 Å². The summed E-state index contributed by atoms with van der Waals surface area (Å²) >= 11 is 0. The number of hydrogen-bond acceptors (Lipinski definition) is 5. The van der Waals surface area contributed by atoms with Crippen molar-refractivity contribution in [3.8, 4) is 16.9 Å². The molecule has 1 N–H and O–H groups in total. The molecule has 32 heavy (non-hydrogen) atoms. The van der Waals surface area contributed by atoms with Crippen LogP contribution in [0.25, 0.3) is 22.2 Å². The zero-order valence-electron chi connectivity index (χ0n) is 17.7. The number of fused-ring (bicyclic) bond motifs is 1. The van der Waals surface area contributed by atoms with Crippen molar-refractivity contribution < 1.29 is 23.0 Å². The van der Waals surface area contributed by atoms with Gasteiger partial charge in [0.05, 0.1) is 17.6 Å². The maximum absolute atomic E-state index is 14.9. The Morgan fingerprint density at radius 1 is 1.12 bits per heavy atom. The highest BCUT2D eigenvalue weighted by Crippen LogP contribution is 2.30. The summed E-state index contributed by atoms with van der Waals surface area (Å²) in [6.07, 6.45) is 2.90. The highest BCUT2D eigenvalue weighted by molar-refractivity contribution is 5.83. The number of halogens is 3. The molecule has 0 fully saturated rings. The van der Waals surface area contributed by atoms with Gasteiger partial charge in [-0.15, -0.1) is 0 Å². The van der Waals surface area contributed by atoms with Crippen LogP contribution in [0.1, 0.15) is 31.1 Å². The Hall–Kier alpha value is -3.46. The van der Waals surface area contributed by atoms with Crippen molar-refractivity contribution in [3.63, 3.8) is 0 Å². The van der Waals surface area contributed by atoms with E-state index < -0.39 is 18.0 Å². The van der Waals surface area contributed by atoms with E-state index in [1.54, 1.807) is 49.6 Å². The van der Waals surface area contributed by atoms with Crippen LogP contribution in [-0.2, 0) is 12.1 Å². The summed E-state index contributed by atoms with van der Waals surface area (Å²) < 4.78 is 46.9. The normalized spacial score (nSPS) is 12.0. The van der Waals surface area contributed by atoms with Gasteiger partial charge < -0.3 is 14.4 Å². The molecule has 0 spiro atoms. The van der Waals surface area contributed by atoms with Gasteiger partial charge in [0.2, 0.25) is 0 Å². The van der Waals surface area contributed by atoms with Crippen molar-refractivity contribution in [1.29, 1.82) is 0 Å². The zero-order chi connectivity index (χ0) is 23.0. The monoisotopic (exact) mass is 442 g/mol. The minimum absolute atomic E-state index is 0.0710. The summed E-state index contributed by atoms with van der Waals surface area (Å²) in [5.41, 5.74) is 1.08. The van der Waals surface area contributed by atoms with Gasteiger partial charge in [0.25, 0.3) is 0 Å². The van der Waals surface area contributed by atoms with E-state index in [0.717, 1.165) is 0 Å². The minimum Gasteiger partial charge on any atom is -0.434 e. The van der Waals surface area contributed by atoms with Gasteiger partial charge in [-0.05, 0) is 32.9 Å². The number of nitrogens with zero attached hydrogens (tertiary/aromatic N) is 4. The summed E-state index contributed by atoms with van der Waals surface area (Å²) in [4.78, 5) is 12.7.